The summed E-state index contributed by atoms with van der Waals surface area (Å²) in [5, 5.41) is 4.19. The second kappa shape index (κ2) is 3.89. The van der Waals surface area contributed by atoms with Gasteiger partial charge in [0, 0.05) is 16.9 Å². The van der Waals surface area contributed by atoms with Crippen molar-refractivity contribution in [1.82, 2.24) is 19.6 Å². The van der Waals surface area contributed by atoms with Gasteiger partial charge in [-0.3, -0.25) is 0 Å². The molecule has 0 aromatic carbocycles. The van der Waals surface area contributed by atoms with Gasteiger partial charge >= 0.3 is 0 Å². The highest BCUT2D eigenvalue weighted by atomic mass is 79.9. The van der Waals surface area contributed by atoms with Gasteiger partial charge in [0.15, 0.2) is 11.5 Å². The number of aromatic nitrogens is 4. The number of halogens is 2. The van der Waals surface area contributed by atoms with Crippen molar-refractivity contribution >= 4 is 21.6 Å². The molecule has 0 aliphatic carbocycles. The second-order valence-electron chi connectivity index (χ2n) is 3.42. The van der Waals surface area contributed by atoms with E-state index in [1.807, 2.05) is 12.1 Å². The van der Waals surface area contributed by atoms with E-state index in [9.17, 15) is 4.39 Å². The van der Waals surface area contributed by atoms with Crippen LogP contribution < -0.4 is 0 Å². The Morgan fingerprint density at radius 2 is 2.18 bits per heavy atom. The zero-order chi connectivity index (χ0) is 11.8. The van der Waals surface area contributed by atoms with Crippen molar-refractivity contribution in [3.8, 4) is 11.4 Å². The lowest BCUT2D eigenvalue weighted by molar-refractivity contribution is 0.586. The molecule has 3 heterocycles. The van der Waals surface area contributed by atoms with E-state index in [4.69, 9.17) is 0 Å². The summed E-state index contributed by atoms with van der Waals surface area (Å²) >= 11 is 3.34. The molecule has 0 aliphatic heterocycles. The van der Waals surface area contributed by atoms with Gasteiger partial charge in [-0.15, -0.1) is 5.10 Å². The predicted octanol–water partition coefficient (Wildman–Crippen LogP) is 2.69. The van der Waals surface area contributed by atoms with Gasteiger partial charge in [-0.25, -0.2) is 14.5 Å². The molecule has 0 saturated heterocycles. The van der Waals surface area contributed by atoms with Crippen LogP contribution in [0.4, 0.5) is 4.39 Å². The number of rotatable bonds is 1. The monoisotopic (exact) mass is 292 g/mol. The maximum Gasteiger partial charge on any atom is 0.223 e. The standard InChI is InChI=1S/C11H6BrFN4/c12-7-3-5-17-9(6-7)15-11(16-17)8-2-1-4-14-10(8)13/h1-6H. The van der Waals surface area contributed by atoms with Crippen LogP contribution in [0.25, 0.3) is 17.0 Å². The fourth-order valence-corrected chi connectivity index (χ4v) is 1.85. The summed E-state index contributed by atoms with van der Waals surface area (Å²) in [5.41, 5.74) is 0.949. The maximum atomic E-state index is 13.5. The molecule has 84 valence electrons. The van der Waals surface area contributed by atoms with Crippen LogP contribution in [0.2, 0.25) is 0 Å². The first-order valence-electron chi connectivity index (χ1n) is 4.87. The van der Waals surface area contributed by atoms with E-state index < -0.39 is 5.95 Å². The molecule has 3 aromatic rings. The summed E-state index contributed by atoms with van der Waals surface area (Å²) in [6, 6.07) is 6.90. The summed E-state index contributed by atoms with van der Waals surface area (Å²) in [6.45, 7) is 0. The van der Waals surface area contributed by atoms with Crippen LogP contribution in [0.1, 0.15) is 0 Å². The van der Waals surface area contributed by atoms with Crippen LogP contribution in [0, 0.1) is 5.95 Å². The molecule has 0 spiro atoms. The van der Waals surface area contributed by atoms with Crippen LogP contribution >= 0.6 is 15.9 Å². The highest BCUT2D eigenvalue weighted by Gasteiger charge is 2.11. The van der Waals surface area contributed by atoms with Crippen molar-refractivity contribution < 1.29 is 4.39 Å². The number of fused-ring (bicyclic) bond motifs is 1. The van der Waals surface area contributed by atoms with Gasteiger partial charge in [0.05, 0.1) is 5.56 Å². The summed E-state index contributed by atoms with van der Waals surface area (Å²) in [4.78, 5) is 7.82. The molecule has 4 nitrogen and oxygen atoms in total. The Morgan fingerprint density at radius 3 is 3.00 bits per heavy atom. The van der Waals surface area contributed by atoms with Gasteiger partial charge in [0.1, 0.15) is 0 Å². The molecule has 6 heteroatoms. The number of hydrogen-bond donors (Lipinski definition) is 0. The fraction of sp³-hybridized carbons (Fsp3) is 0. The van der Waals surface area contributed by atoms with E-state index in [-0.39, 0.29) is 0 Å². The first-order valence-corrected chi connectivity index (χ1v) is 5.66. The lowest BCUT2D eigenvalue weighted by Gasteiger charge is -1.94. The molecule has 0 unspecified atom stereocenters. The Labute approximate surface area is 104 Å². The highest BCUT2D eigenvalue weighted by Crippen LogP contribution is 2.19. The third kappa shape index (κ3) is 1.80. The molecular formula is C11H6BrFN4. The average Bonchev–Trinajstić information content (AvgIpc) is 2.72. The van der Waals surface area contributed by atoms with E-state index in [0.717, 1.165) is 4.47 Å². The predicted molar refractivity (Wildman–Crippen MR) is 63.9 cm³/mol. The minimum Gasteiger partial charge on any atom is -0.228 e. The largest absolute Gasteiger partial charge is 0.228 e. The first-order chi connectivity index (χ1) is 8.24. The van der Waals surface area contributed by atoms with Crippen LogP contribution in [-0.2, 0) is 0 Å². The maximum absolute atomic E-state index is 13.5. The fourth-order valence-electron chi connectivity index (χ4n) is 1.52. The second-order valence-corrected chi connectivity index (χ2v) is 4.34. The average molecular weight is 293 g/mol. The third-order valence-corrected chi connectivity index (χ3v) is 2.79. The van der Waals surface area contributed by atoms with Crippen LogP contribution in [0.3, 0.4) is 0 Å². The summed E-state index contributed by atoms with van der Waals surface area (Å²) in [5.74, 6) is -0.240. The minimum absolute atomic E-state index is 0.298. The molecule has 3 rings (SSSR count). The Kier molecular flexibility index (Phi) is 2.36. The Bertz CT molecular complexity index is 695. The molecular weight excluding hydrogens is 287 g/mol. The summed E-state index contributed by atoms with van der Waals surface area (Å²) in [6.07, 6.45) is 3.15. The van der Waals surface area contributed by atoms with Crippen molar-refractivity contribution in [1.29, 1.82) is 0 Å². The van der Waals surface area contributed by atoms with Crippen molar-refractivity contribution in [2.24, 2.45) is 0 Å². The zero-order valence-electron chi connectivity index (χ0n) is 8.51. The molecule has 0 N–H and O–H groups in total. The van der Waals surface area contributed by atoms with Crippen molar-refractivity contribution in [3.05, 3.63) is 47.1 Å². The number of hydrogen-bond acceptors (Lipinski definition) is 3. The number of nitrogens with zero attached hydrogens (tertiary/aromatic N) is 4. The highest BCUT2D eigenvalue weighted by molar-refractivity contribution is 9.10. The molecule has 0 atom stereocenters. The van der Waals surface area contributed by atoms with Gasteiger partial charge in [-0.2, -0.15) is 4.39 Å². The molecule has 0 fully saturated rings. The van der Waals surface area contributed by atoms with E-state index in [0.29, 0.717) is 17.0 Å². The van der Waals surface area contributed by atoms with Gasteiger partial charge in [0.25, 0.3) is 0 Å². The van der Waals surface area contributed by atoms with Crippen molar-refractivity contribution in [2.45, 2.75) is 0 Å². The van der Waals surface area contributed by atoms with Gasteiger partial charge in [-0.05, 0) is 24.3 Å². The number of pyridine rings is 2. The summed E-state index contributed by atoms with van der Waals surface area (Å²) < 4.78 is 16.0. The van der Waals surface area contributed by atoms with Crippen molar-refractivity contribution in [2.75, 3.05) is 0 Å². The topological polar surface area (TPSA) is 43.1 Å². The molecule has 0 amide bonds. The van der Waals surface area contributed by atoms with Gasteiger partial charge in [-0.1, -0.05) is 15.9 Å². The SMILES string of the molecule is Fc1ncccc1-c1nc2cc(Br)ccn2n1. The lowest BCUT2D eigenvalue weighted by atomic mass is 10.3. The molecule has 0 radical (unpaired) electrons. The van der Waals surface area contributed by atoms with Crippen molar-refractivity contribution in [3.63, 3.8) is 0 Å². The quantitative estimate of drug-likeness (QED) is 0.648. The third-order valence-electron chi connectivity index (χ3n) is 2.30. The Hall–Kier alpha value is -1.82. The lowest BCUT2D eigenvalue weighted by Crippen LogP contribution is -1.90. The normalized spacial score (nSPS) is 10.9. The zero-order valence-corrected chi connectivity index (χ0v) is 10.1. The summed E-state index contributed by atoms with van der Waals surface area (Å²) in [7, 11) is 0. The van der Waals surface area contributed by atoms with Crippen LogP contribution in [0.15, 0.2) is 41.1 Å². The molecule has 0 bridgehead atoms. The van der Waals surface area contributed by atoms with Crippen LogP contribution in [0.5, 0.6) is 0 Å². The van der Waals surface area contributed by atoms with E-state index in [2.05, 4.69) is 31.0 Å². The van der Waals surface area contributed by atoms with E-state index in [1.54, 1.807) is 22.8 Å². The molecule has 3 aromatic heterocycles. The van der Waals surface area contributed by atoms with E-state index in [1.165, 1.54) is 6.20 Å². The van der Waals surface area contributed by atoms with Gasteiger partial charge < -0.3 is 0 Å². The first kappa shape index (κ1) is 10.3. The van der Waals surface area contributed by atoms with Gasteiger partial charge in [0.2, 0.25) is 5.95 Å². The van der Waals surface area contributed by atoms with Crippen LogP contribution in [-0.4, -0.2) is 19.6 Å². The van der Waals surface area contributed by atoms with E-state index >= 15 is 0 Å². The Balaban J connectivity index is 2.22. The Morgan fingerprint density at radius 1 is 1.29 bits per heavy atom. The minimum atomic E-state index is -0.567. The smallest absolute Gasteiger partial charge is 0.223 e. The molecule has 0 saturated carbocycles. The molecule has 0 aliphatic rings. The molecule has 17 heavy (non-hydrogen) atoms.